The molecule has 0 saturated heterocycles. The van der Waals surface area contributed by atoms with Gasteiger partial charge in [0.25, 0.3) is 0 Å². The maximum atomic E-state index is 11.0. The Kier molecular flexibility index (Phi) is 1.96. The molecule has 0 amide bonds. The van der Waals surface area contributed by atoms with Crippen LogP contribution in [0, 0.1) is 5.92 Å². The second-order valence-electron chi connectivity index (χ2n) is 4.37. The number of carbonyl (C=O) groups is 1. The Hall–Kier alpha value is -1.83. The molecule has 2 nitrogen and oxygen atoms in total. The molecule has 0 saturated carbocycles. The molecule has 0 spiro atoms. The van der Waals surface area contributed by atoms with Crippen molar-refractivity contribution in [2.24, 2.45) is 5.92 Å². The van der Waals surface area contributed by atoms with E-state index in [-0.39, 0.29) is 5.92 Å². The first-order valence-corrected chi connectivity index (χ1v) is 5.48. The van der Waals surface area contributed by atoms with Crippen LogP contribution in [0.1, 0.15) is 11.1 Å². The van der Waals surface area contributed by atoms with Crippen LogP contribution in [-0.4, -0.2) is 11.1 Å². The van der Waals surface area contributed by atoms with Gasteiger partial charge in [-0.05, 0) is 34.7 Å². The standard InChI is InChI=1S/C14H12O2/c15-14(16)11-7-10-6-5-9-3-1-2-4-12(9)13(10)8-11/h1-6,11H,7-8H2,(H,15,16)/t11-/m0/s1. The van der Waals surface area contributed by atoms with E-state index in [9.17, 15) is 4.79 Å². The molecule has 0 heterocycles. The molecule has 0 unspecified atom stereocenters. The minimum atomic E-state index is -0.680. The van der Waals surface area contributed by atoms with Gasteiger partial charge < -0.3 is 5.11 Å². The molecular weight excluding hydrogens is 200 g/mol. The third-order valence-electron chi connectivity index (χ3n) is 3.40. The molecule has 0 aliphatic heterocycles. The Morgan fingerprint density at radius 1 is 1.12 bits per heavy atom. The fraction of sp³-hybridized carbons (Fsp3) is 0.214. The van der Waals surface area contributed by atoms with Gasteiger partial charge >= 0.3 is 5.97 Å². The molecule has 80 valence electrons. The summed E-state index contributed by atoms with van der Waals surface area (Å²) in [5.41, 5.74) is 2.43. The second kappa shape index (κ2) is 3.34. The van der Waals surface area contributed by atoms with Crippen molar-refractivity contribution in [3.05, 3.63) is 47.5 Å². The Morgan fingerprint density at radius 3 is 2.75 bits per heavy atom. The van der Waals surface area contributed by atoms with Crippen molar-refractivity contribution < 1.29 is 9.90 Å². The second-order valence-corrected chi connectivity index (χ2v) is 4.37. The van der Waals surface area contributed by atoms with E-state index in [0.717, 1.165) is 0 Å². The summed E-state index contributed by atoms with van der Waals surface area (Å²) in [6, 6.07) is 12.3. The molecule has 0 fully saturated rings. The largest absolute Gasteiger partial charge is 0.481 e. The van der Waals surface area contributed by atoms with Gasteiger partial charge in [-0.1, -0.05) is 36.4 Å². The molecule has 2 aromatic rings. The monoisotopic (exact) mass is 212 g/mol. The van der Waals surface area contributed by atoms with E-state index in [2.05, 4.69) is 24.3 Å². The van der Waals surface area contributed by atoms with Gasteiger partial charge in [-0.25, -0.2) is 0 Å². The number of hydrogen-bond acceptors (Lipinski definition) is 1. The van der Waals surface area contributed by atoms with Crippen LogP contribution in [0.15, 0.2) is 36.4 Å². The number of hydrogen-bond donors (Lipinski definition) is 1. The minimum Gasteiger partial charge on any atom is -0.481 e. The highest BCUT2D eigenvalue weighted by Crippen LogP contribution is 2.32. The van der Waals surface area contributed by atoms with Crippen molar-refractivity contribution in [1.82, 2.24) is 0 Å². The molecule has 1 N–H and O–H groups in total. The quantitative estimate of drug-likeness (QED) is 0.789. The lowest BCUT2D eigenvalue weighted by Crippen LogP contribution is -2.12. The topological polar surface area (TPSA) is 37.3 Å². The Balaban J connectivity index is 2.17. The van der Waals surface area contributed by atoms with Gasteiger partial charge in [0.1, 0.15) is 0 Å². The summed E-state index contributed by atoms with van der Waals surface area (Å²) in [5, 5.41) is 11.5. The Morgan fingerprint density at radius 2 is 1.94 bits per heavy atom. The van der Waals surface area contributed by atoms with E-state index < -0.39 is 5.97 Å². The molecule has 0 aromatic heterocycles. The van der Waals surface area contributed by atoms with E-state index in [1.807, 2.05) is 12.1 Å². The molecule has 2 heteroatoms. The molecule has 0 radical (unpaired) electrons. The van der Waals surface area contributed by atoms with Crippen molar-refractivity contribution in [2.45, 2.75) is 12.8 Å². The summed E-state index contributed by atoms with van der Waals surface area (Å²) < 4.78 is 0. The van der Waals surface area contributed by atoms with Crippen molar-refractivity contribution in [3.8, 4) is 0 Å². The SMILES string of the molecule is O=C(O)[C@H]1Cc2ccc3ccccc3c2C1. The molecule has 1 atom stereocenters. The van der Waals surface area contributed by atoms with Crippen LogP contribution in [0.5, 0.6) is 0 Å². The van der Waals surface area contributed by atoms with Crippen LogP contribution in [0.25, 0.3) is 10.8 Å². The van der Waals surface area contributed by atoms with Crippen LogP contribution in [0.3, 0.4) is 0 Å². The van der Waals surface area contributed by atoms with Crippen molar-refractivity contribution in [2.75, 3.05) is 0 Å². The van der Waals surface area contributed by atoms with Gasteiger partial charge in [0.15, 0.2) is 0 Å². The zero-order chi connectivity index (χ0) is 11.1. The lowest BCUT2D eigenvalue weighted by Gasteiger charge is -2.04. The number of carboxylic acid groups (broad SMARTS) is 1. The maximum absolute atomic E-state index is 11.0. The zero-order valence-electron chi connectivity index (χ0n) is 8.81. The predicted molar refractivity (Wildman–Crippen MR) is 62.5 cm³/mol. The first-order chi connectivity index (χ1) is 7.75. The summed E-state index contributed by atoms with van der Waals surface area (Å²) in [6.07, 6.45) is 1.35. The fourth-order valence-corrected chi connectivity index (χ4v) is 2.57. The Labute approximate surface area is 93.5 Å². The van der Waals surface area contributed by atoms with Crippen molar-refractivity contribution >= 4 is 16.7 Å². The lowest BCUT2D eigenvalue weighted by atomic mass is 10.0. The van der Waals surface area contributed by atoms with Crippen LogP contribution >= 0.6 is 0 Å². The molecular formula is C14H12O2. The minimum absolute atomic E-state index is 0.235. The van der Waals surface area contributed by atoms with Crippen LogP contribution in [0.4, 0.5) is 0 Å². The average molecular weight is 212 g/mol. The van der Waals surface area contributed by atoms with Gasteiger partial charge in [0.2, 0.25) is 0 Å². The third kappa shape index (κ3) is 1.30. The molecule has 3 rings (SSSR count). The highest BCUT2D eigenvalue weighted by molar-refractivity contribution is 5.88. The van der Waals surface area contributed by atoms with Crippen LogP contribution in [0.2, 0.25) is 0 Å². The highest BCUT2D eigenvalue weighted by atomic mass is 16.4. The van der Waals surface area contributed by atoms with Gasteiger partial charge in [-0.2, -0.15) is 0 Å². The fourth-order valence-electron chi connectivity index (χ4n) is 2.57. The van der Waals surface area contributed by atoms with E-state index in [1.54, 1.807) is 0 Å². The average Bonchev–Trinajstić information content (AvgIpc) is 2.73. The molecule has 1 aliphatic carbocycles. The van der Waals surface area contributed by atoms with E-state index in [0.29, 0.717) is 12.8 Å². The van der Waals surface area contributed by atoms with Crippen molar-refractivity contribution in [1.29, 1.82) is 0 Å². The molecule has 16 heavy (non-hydrogen) atoms. The third-order valence-corrected chi connectivity index (χ3v) is 3.40. The summed E-state index contributed by atoms with van der Waals surface area (Å²) in [4.78, 5) is 11.0. The number of fused-ring (bicyclic) bond motifs is 3. The summed E-state index contributed by atoms with van der Waals surface area (Å²) >= 11 is 0. The van der Waals surface area contributed by atoms with Crippen LogP contribution in [-0.2, 0) is 17.6 Å². The van der Waals surface area contributed by atoms with Gasteiger partial charge in [-0.3, -0.25) is 4.79 Å². The van der Waals surface area contributed by atoms with Crippen molar-refractivity contribution in [3.63, 3.8) is 0 Å². The van der Waals surface area contributed by atoms with Gasteiger partial charge in [0.05, 0.1) is 5.92 Å². The Bertz CT molecular complexity index is 572. The van der Waals surface area contributed by atoms with Crippen LogP contribution < -0.4 is 0 Å². The molecule has 1 aliphatic rings. The normalized spacial score (nSPS) is 18.6. The summed E-state index contributed by atoms with van der Waals surface area (Å²) in [5.74, 6) is -0.916. The number of rotatable bonds is 1. The predicted octanol–water partition coefficient (Wildman–Crippen LogP) is 2.64. The van der Waals surface area contributed by atoms with E-state index >= 15 is 0 Å². The number of carboxylic acids is 1. The summed E-state index contributed by atoms with van der Waals surface area (Å²) in [7, 11) is 0. The van der Waals surface area contributed by atoms with Gasteiger partial charge in [-0.15, -0.1) is 0 Å². The number of benzene rings is 2. The molecule has 2 aromatic carbocycles. The van der Waals surface area contributed by atoms with E-state index in [1.165, 1.54) is 21.9 Å². The first-order valence-electron chi connectivity index (χ1n) is 5.48. The van der Waals surface area contributed by atoms with E-state index in [4.69, 9.17) is 5.11 Å². The zero-order valence-corrected chi connectivity index (χ0v) is 8.81. The lowest BCUT2D eigenvalue weighted by molar-refractivity contribution is -0.141. The number of aliphatic carboxylic acids is 1. The maximum Gasteiger partial charge on any atom is 0.307 e. The van der Waals surface area contributed by atoms with Gasteiger partial charge in [0, 0.05) is 0 Å². The molecule has 0 bridgehead atoms. The summed E-state index contributed by atoms with van der Waals surface area (Å²) in [6.45, 7) is 0. The first kappa shape index (κ1) is 9.40. The highest BCUT2D eigenvalue weighted by Gasteiger charge is 2.27. The smallest absolute Gasteiger partial charge is 0.307 e.